The number of nitrogens with zero attached hydrogens (tertiary/aromatic N) is 2. The minimum Gasteiger partial charge on any atom is -0.506 e. The highest BCUT2D eigenvalue weighted by atomic mass is 32.2. The molecule has 0 atom stereocenters. The summed E-state index contributed by atoms with van der Waals surface area (Å²) >= 11 is 0. The number of nitrogens with one attached hydrogen (secondary N) is 2. The van der Waals surface area contributed by atoms with Crippen molar-refractivity contribution in [2.45, 2.75) is 18.6 Å². The van der Waals surface area contributed by atoms with E-state index in [4.69, 9.17) is 0 Å². The van der Waals surface area contributed by atoms with Crippen molar-refractivity contribution in [1.29, 1.82) is 0 Å². The monoisotopic (exact) mass is 380 g/mol. The van der Waals surface area contributed by atoms with Crippen molar-refractivity contribution in [2.75, 3.05) is 16.9 Å². The third-order valence-corrected chi connectivity index (χ3v) is 5.98. The molecule has 2 aromatic rings. The number of aromatic hydroxyl groups is 1. The van der Waals surface area contributed by atoms with Crippen LogP contribution in [-0.4, -0.2) is 46.1 Å². The molecule has 0 saturated carbocycles. The molecule has 2 amide bonds. The van der Waals surface area contributed by atoms with Gasteiger partial charge >= 0.3 is 0 Å². The smallest absolute Gasteiger partial charge is 0.258 e. The Balaban J connectivity index is 2.14. The first-order valence-corrected chi connectivity index (χ1v) is 9.45. The number of aromatic nitrogens is 2. The number of amides is 2. The lowest BCUT2D eigenvalue weighted by atomic mass is 10.1. The summed E-state index contributed by atoms with van der Waals surface area (Å²) in [6.07, 6.45) is 3.88. The first-order chi connectivity index (χ1) is 11.9. The molecule has 0 aliphatic heterocycles. The van der Waals surface area contributed by atoms with Crippen molar-refractivity contribution < 1.29 is 23.1 Å². The molecule has 0 radical (unpaired) electrons. The zero-order valence-electron chi connectivity index (χ0n) is 14.8. The van der Waals surface area contributed by atoms with Crippen LogP contribution in [0.5, 0.6) is 5.75 Å². The third kappa shape index (κ3) is 4.02. The summed E-state index contributed by atoms with van der Waals surface area (Å²) in [5.74, 6) is -1.47. The van der Waals surface area contributed by atoms with Gasteiger partial charge < -0.3 is 15.7 Å². The number of aryl methyl sites for hydroxylation is 1. The number of hydrogen-bond donors (Lipinski definition) is 3. The maximum atomic E-state index is 12.2. The van der Waals surface area contributed by atoms with Crippen LogP contribution in [0.4, 0.5) is 11.4 Å². The van der Waals surface area contributed by atoms with Gasteiger partial charge in [-0.05, 0) is 26.0 Å². The van der Waals surface area contributed by atoms with Crippen LogP contribution in [0.2, 0.25) is 0 Å². The molecular formula is C16H20N4O5S. The van der Waals surface area contributed by atoms with Crippen LogP contribution in [0.25, 0.3) is 0 Å². The van der Waals surface area contributed by atoms with Gasteiger partial charge in [0.15, 0.2) is 9.84 Å². The number of rotatable bonds is 5. The van der Waals surface area contributed by atoms with E-state index in [0.29, 0.717) is 5.56 Å². The van der Waals surface area contributed by atoms with Crippen molar-refractivity contribution in [3.05, 3.63) is 36.2 Å². The molecule has 26 heavy (non-hydrogen) atoms. The van der Waals surface area contributed by atoms with Gasteiger partial charge in [-0.25, -0.2) is 8.42 Å². The van der Waals surface area contributed by atoms with E-state index in [9.17, 15) is 23.1 Å². The van der Waals surface area contributed by atoms with Crippen molar-refractivity contribution >= 4 is 33.0 Å². The molecule has 0 fully saturated rings. The second kappa shape index (κ2) is 6.79. The van der Waals surface area contributed by atoms with Gasteiger partial charge in [0.05, 0.1) is 17.4 Å². The molecule has 0 bridgehead atoms. The molecule has 0 saturated heterocycles. The molecule has 0 spiro atoms. The Morgan fingerprint density at radius 2 is 1.88 bits per heavy atom. The van der Waals surface area contributed by atoms with E-state index in [2.05, 4.69) is 15.7 Å². The predicted molar refractivity (Wildman–Crippen MR) is 96.8 cm³/mol. The van der Waals surface area contributed by atoms with E-state index in [1.807, 2.05) is 0 Å². The van der Waals surface area contributed by atoms with Crippen molar-refractivity contribution in [3.63, 3.8) is 0 Å². The van der Waals surface area contributed by atoms with E-state index in [-0.39, 0.29) is 17.1 Å². The molecule has 1 aromatic carbocycles. The number of hydrogen-bond acceptors (Lipinski definition) is 6. The maximum absolute atomic E-state index is 12.2. The number of carbonyl (C=O) groups excluding carboxylic acids is 2. The first kappa shape index (κ1) is 19.4. The molecule has 2 rings (SSSR count). The van der Waals surface area contributed by atoms with Crippen LogP contribution >= 0.6 is 0 Å². The molecule has 10 heteroatoms. The number of anilines is 2. The maximum Gasteiger partial charge on any atom is 0.258 e. The molecule has 0 unspecified atom stereocenters. The second-order valence-corrected chi connectivity index (χ2v) is 8.89. The SMILES string of the molecule is Cn1cc(C(=O)Nc2ccc(NC(=O)C(C)(C)S(C)(=O)=O)cc2O)cn1. The highest BCUT2D eigenvalue weighted by Gasteiger charge is 2.38. The van der Waals surface area contributed by atoms with Gasteiger partial charge in [0.2, 0.25) is 5.91 Å². The van der Waals surface area contributed by atoms with E-state index in [0.717, 1.165) is 6.26 Å². The highest BCUT2D eigenvalue weighted by molar-refractivity contribution is 7.92. The summed E-state index contributed by atoms with van der Waals surface area (Å²) < 4.78 is 23.2. The van der Waals surface area contributed by atoms with Gasteiger partial charge in [-0.3, -0.25) is 14.3 Å². The lowest BCUT2D eigenvalue weighted by Crippen LogP contribution is -2.43. The van der Waals surface area contributed by atoms with Crippen molar-refractivity contribution in [2.24, 2.45) is 7.05 Å². The van der Waals surface area contributed by atoms with E-state index in [1.54, 1.807) is 7.05 Å². The average molecular weight is 380 g/mol. The third-order valence-electron chi connectivity index (χ3n) is 3.94. The average Bonchev–Trinajstić information content (AvgIpc) is 2.95. The minimum absolute atomic E-state index is 0.138. The second-order valence-electron chi connectivity index (χ2n) is 6.33. The van der Waals surface area contributed by atoms with E-state index < -0.39 is 26.4 Å². The number of sulfone groups is 1. The Morgan fingerprint density at radius 1 is 1.23 bits per heavy atom. The molecule has 9 nitrogen and oxygen atoms in total. The number of carbonyl (C=O) groups is 2. The first-order valence-electron chi connectivity index (χ1n) is 7.56. The van der Waals surface area contributed by atoms with Crippen LogP contribution in [-0.2, 0) is 21.7 Å². The fourth-order valence-corrected chi connectivity index (χ4v) is 2.29. The molecular weight excluding hydrogens is 360 g/mol. The molecule has 0 aliphatic carbocycles. The summed E-state index contributed by atoms with van der Waals surface area (Å²) in [6, 6.07) is 4.05. The van der Waals surface area contributed by atoms with Gasteiger partial charge in [0.1, 0.15) is 10.5 Å². The number of phenolic OH excluding ortho intramolecular Hbond substituents is 1. The van der Waals surface area contributed by atoms with Crippen LogP contribution in [0.3, 0.4) is 0 Å². The van der Waals surface area contributed by atoms with Crippen LogP contribution in [0.15, 0.2) is 30.6 Å². The summed E-state index contributed by atoms with van der Waals surface area (Å²) in [4.78, 5) is 24.3. The zero-order valence-corrected chi connectivity index (χ0v) is 15.6. The molecule has 3 N–H and O–H groups in total. The van der Waals surface area contributed by atoms with Crippen LogP contribution in [0, 0.1) is 0 Å². The molecule has 0 aliphatic rings. The molecule has 1 aromatic heterocycles. The van der Waals surface area contributed by atoms with Gasteiger partial charge in [0, 0.05) is 31.3 Å². The van der Waals surface area contributed by atoms with E-state index in [1.165, 1.54) is 49.1 Å². The standard InChI is InChI=1S/C16H20N4O5S/c1-16(2,26(4,24)25)15(23)18-11-5-6-12(13(21)7-11)19-14(22)10-8-17-20(3)9-10/h5-9,21H,1-4H3,(H,18,23)(H,19,22). The Kier molecular flexibility index (Phi) is 5.08. The van der Waals surface area contributed by atoms with Crippen LogP contribution < -0.4 is 10.6 Å². The van der Waals surface area contributed by atoms with Gasteiger partial charge in [0.25, 0.3) is 5.91 Å². The Bertz CT molecular complexity index is 963. The summed E-state index contributed by atoms with van der Waals surface area (Å²) in [5, 5.41) is 18.9. The fraction of sp³-hybridized carbons (Fsp3) is 0.312. The van der Waals surface area contributed by atoms with E-state index >= 15 is 0 Å². The lowest BCUT2D eigenvalue weighted by Gasteiger charge is -2.21. The Hall–Kier alpha value is -2.88. The number of benzene rings is 1. The minimum atomic E-state index is -3.62. The molecule has 140 valence electrons. The molecule has 1 heterocycles. The quantitative estimate of drug-likeness (QED) is 0.667. The fourth-order valence-electron chi connectivity index (χ4n) is 1.90. The topological polar surface area (TPSA) is 130 Å². The largest absolute Gasteiger partial charge is 0.506 e. The summed E-state index contributed by atoms with van der Waals surface area (Å²) in [7, 11) is -1.95. The summed E-state index contributed by atoms with van der Waals surface area (Å²) in [6.45, 7) is 2.58. The normalized spacial score (nSPS) is 11.8. The lowest BCUT2D eigenvalue weighted by molar-refractivity contribution is -0.117. The Labute approximate surface area is 150 Å². The Morgan fingerprint density at radius 3 is 2.38 bits per heavy atom. The van der Waals surface area contributed by atoms with Crippen LogP contribution in [0.1, 0.15) is 24.2 Å². The van der Waals surface area contributed by atoms with Gasteiger partial charge in [-0.15, -0.1) is 0 Å². The van der Waals surface area contributed by atoms with Gasteiger partial charge in [-0.1, -0.05) is 0 Å². The zero-order chi connectivity index (χ0) is 19.7. The summed E-state index contributed by atoms with van der Waals surface area (Å²) in [5.41, 5.74) is 0.655. The van der Waals surface area contributed by atoms with Crippen molar-refractivity contribution in [1.82, 2.24) is 9.78 Å². The highest BCUT2D eigenvalue weighted by Crippen LogP contribution is 2.28. The van der Waals surface area contributed by atoms with Gasteiger partial charge in [-0.2, -0.15) is 5.10 Å². The number of phenols is 1. The van der Waals surface area contributed by atoms with Crippen molar-refractivity contribution in [3.8, 4) is 5.75 Å². The predicted octanol–water partition coefficient (Wildman–Crippen LogP) is 1.14.